The van der Waals surface area contributed by atoms with Gasteiger partial charge in [0.1, 0.15) is 11.5 Å². The number of carbonyl (C=O) groups is 2. The lowest BCUT2D eigenvalue weighted by atomic mass is 10.1. The van der Waals surface area contributed by atoms with Gasteiger partial charge in [0.2, 0.25) is 5.91 Å². The van der Waals surface area contributed by atoms with Crippen LogP contribution < -0.4 is 20.1 Å². The molecule has 2 N–H and O–H groups in total. The fourth-order valence-electron chi connectivity index (χ4n) is 2.44. The maximum absolute atomic E-state index is 12.1. The van der Waals surface area contributed by atoms with Crippen molar-refractivity contribution < 1.29 is 19.1 Å². The predicted molar refractivity (Wildman–Crippen MR) is 94.0 cm³/mol. The van der Waals surface area contributed by atoms with Crippen LogP contribution in [0.25, 0.3) is 0 Å². The van der Waals surface area contributed by atoms with Gasteiger partial charge in [-0.05, 0) is 35.9 Å². The fraction of sp³-hybridized carbons (Fsp3) is 0.222. The zero-order valence-corrected chi connectivity index (χ0v) is 14.3. The van der Waals surface area contributed by atoms with Gasteiger partial charge in [0.15, 0.2) is 6.10 Å². The number of anilines is 1. The molecule has 1 aliphatic heterocycles. The standard InChI is InChI=1S/C18H17ClN2O4/c1-24-13-5-2-11(3-6-13)10-20-17(22)9-16-18(23)21-14-8-12(19)4-7-15(14)25-16/h2-8,16H,9-10H2,1H3,(H,20,22)(H,21,23). The number of hydrogen-bond donors (Lipinski definition) is 2. The second-order valence-corrected chi connectivity index (χ2v) is 6.00. The van der Waals surface area contributed by atoms with Crippen molar-refractivity contribution in [2.75, 3.05) is 12.4 Å². The fourth-order valence-corrected chi connectivity index (χ4v) is 2.61. The van der Waals surface area contributed by atoms with E-state index in [2.05, 4.69) is 10.6 Å². The van der Waals surface area contributed by atoms with Crippen LogP contribution in [0.2, 0.25) is 5.02 Å². The molecular weight excluding hydrogens is 344 g/mol. The van der Waals surface area contributed by atoms with E-state index < -0.39 is 6.10 Å². The zero-order chi connectivity index (χ0) is 17.8. The van der Waals surface area contributed by atoms with Crippen LogP contribution in [0.4, 0.5) is 5.69 Å². The van der Waals surface area contributed by atoms with Gasteiger partial charge in [0, 0.05) is 11.6 Å². The molecule has 1 atom stereocenters. The molecule has 0 spiro atoms. The van der Waals surface area contributed by atoms with Crippen molar-refractivity contribution in [1.82, 2.24) is 5.32 Å². The van der Waals surface area contributed by atoms with Crippen molar-refractivity contribution in [3.63, 3.8) is 0 Å². The minimum Gasteiger partial charge on any atom is -0.497 e. The Balaban J connectivity index is 1.55. The summed E-state index contributed by atoms with van der Waals surface area (Å²) in [6.45, 7) is 0.364. The van der Waals surface area contributed by atoms with Gasteiger partial charge in [-0.25, -0.2) is 0 Å². The number of ether oxygens (including phenoxy) is 2. The number of halogens is 1. The second kappa shape index (κ2) is 7.44. The largest absolute Gasteiger partial charge is 0.497 e. The van der Waals surface area contributed by atoms with E-state index in [0.717, 1.165) is 11.3 Å². The summed E-state index contributed by atoms with van der Waals surface area (Å²) in [4.78, 5) is 24.2. The normalized spacial score (nSPS) is 15.6. The van der Waals surface area contributed by atoms with Crippen molar-refractivity contribution >= 4 is 29.1 Å². The van der Waals surface area contributed by atoms with Crippen molar-refractivity contribution in [1.29, 1.82) is 0 Å². The van der Waals surface area contributed by atoms with Gasteiger partial charge in [-0.15, -0.1) is 0 Å². The Morgan fingerprint density at radius 3 is 2.76 bits per heavy atom. The predicted octanol–water partition coefficient (Wildman–Crippen LogP) is 2.75. The molecule has 0 aromatic heterocycles. The van der Waals surface area contributed by atoms with Crippen LogP contribution in [0.5, 0.6) is 11.5 Å². The molecule has 1 unspecified atom stereocenters. The van der Waals surface area contributed by atoms with Crippen molar-refractivity contribution in [3.8, 4) is 11.5 Å². The molecule has 2 aromatic rings. The molecule has 0 radical (unpaired) electrons. The summed E-state index contributed by atoms with van der Waals surface area (Å²) in [5, 5.41) is 5.98. The van der Waals surface area contributed by atoms with Gasteiger partial charge in [0.25, 0.3) is 5.91 Å². The molecule has 0 bridgehead atoms. The van der Waals surface area contributed by atoms with E-state index in [1.165, 1.54) is 0 Å². The maximum Gasteiger partial charge on any atom is 0.266 e. The Kier molecular flexibility index (Phi) is 5.09. The van der Waals surface area contributed by atoms with Crippen LogP contribution in [0.15, 0.2) is 42.5 Å². The summed E-state index contributed by atoms with van der Waals surface area (Å²) in [5.74, 6) is 0.612. The summed E-state index contributed by atoms with van der Waals surface area (Å²) in [6.07, 6.45) is -0.936. The molecule has 1 aliphatic rings. The SMILES string of the molecule is COc1ccc(CNC(=O)CC2Oc3ccc(Cl)cc3NC2=O)cc1. The van der Waals surface area contributed by atoms with E-state index in [9.17, 15) is 9.59 Å². The highest BCUT2D eigenvalue weighted by Crippen LogP contribution is 2.32. The monoisotopic (exact) mass is 360 g/mol. The summed E-state index contributed by atoms with van der Waals surface area (Å²) in [7, 11) is 1.60. The highest BCUT2D eigenvalue weighted by atomic mass is 35.5. The van der Waals surface area contributed by atoms with Crippen LogP contribution in [0, 0.1) is 0 Å². The van der Waals surface area contributed by atoms with Crippen molar-refractivity contribution in [2.45, 2.75) is 19.1 Å². The molecule has 25 heavy (non-hydrogen) atoms. The van der Waals surface area contributed by atoms with Gasteiger partial charge in [-0.3, -0.25) is 9.59 Å². The lowest BCUT2D eigenvalue weighted by Crippen LogP contribution is -2.40. The second-order valence-electron chi connectivity index (χ2n) is 5.57. The summed E-state index contributed by atoms with van der Waals surface area (Å²) in [6, 6.07) is 12.3. The minimum absolute atomic E-state index is 0.0654. The van der Waals surface area contributed by atoms with Crippen LogP contribution in [0.1, 0.15) is 12.0 Å². The molecule has 0 fully saturated rings. The highest BCUT2D eigenvalue weighted by molar-refractivity contribution is 6.31. The van der Waals surface area contributed by atoms with Crippen molar-refractivity contribution in [2.24, 2.45) is 0 Å². The smallest absolute Gasteiger partial charge is 0.266 e. The van der Waals surface area contributed by atoms with E-state index in [4.69, 9.17) is 21.1 Å². The lowest BCUT2D eigenvalue weighted by molar-refractivity contribution is -0.130. The third-order valence-corrected chi connectivity index (χ3v) is 4.02. The minimum atomic E-state index is -0.871. The molecule has 0 saturated carbocycles. The Labute approximate surface area is 150 Å². The number of rotatable bonds is 5. The first-order chi connectivity index (χ1) is 12.0. The van der Waals surface area contributed by atoms with E-state index in [0.29, 0.717) is 23.0 Å². The average molecular weight is 361 g/mol. The van der Waals surface area contributed by atoms with E-state index in [-0.39, 0.29) is 18.2 Å². The molecule has 2 amide bonds. The van der Waals surface area contributed by atoms with Crippen molar-refractivity contribution in [3.05, 3.63) is 53.1 Å². The molecule has 130 valence electrons. The van der Waals surface area contributed by atoms with Gasteiger partial charge in [-0.1, -0.05) is 23.7 Å². The molecule has 3 rings (SSSR count). The molecule has 2 aromatic carbocycles. The molecule has 7 heteroatoms. The number of amides is 2. The summed E-state index contributed by atoms with van der Waals surface area (Å²) < 4.78 is 10.7. The molecule has 0 aliphatic carbocycles. The first kappa shape index (κ1) is 17.1. The quantitative estimate of drug-likeness (QED) is 0.859. The van der Waals surface area contributed by atoms with Crippen LogP contribution in [0.3, 0.4) is 0 Å². The number of methoxy groups -OCH3 is 1. The summed E-state index contributed by atoms with van der Waals surface area (Å²) >= 11 is 5.88. The summed E-state index contributed by atoms with van der Waals surface area (Å²) in [5.41, 5.74) is 1.44. The van der Waals surface area contributed by atoms with Crippen LogP contribution in [-0.2, 0) is 16.1 Å². The third-order valence-electron chi connectivity index (χ3n) is 3.78. The Morgan fingerprint density at radius 2 is 2.04 bits per heavy atom. The van der Waals surface area contributed by atoms with Gasteiger partial charge < -0.3 is 20.1 Å². The first-order valence-electron chi connectivity index (χ1n) is 7.72. The number of nitrogens with one attached hydrogen (secondary N) is 2. The van der Waals surface area contributed by atoms with E-state index >= 15 is 0 Å². The van der Waals surface area contributed by atoms with Gasteiger partial charge in [-0.2, -0.15) is 0 Å². The van der Waals surface area contributed by atoms with Gasteiger partial charge in [0.05, 0.1) is 19.2 Å². The molecular formula is C18H17ClN2O4. The zero-order valence-electron chi connectivity index (χ0n) is 13.5. The number of fused-ring (bicyclic) bond motifs is 1. The number of hydrogen-bond acceptors (Lipinski definition) is 4. The number of carbonyl (C=O) groups excluding carboxylic acids is 2. The Hall–Kier alpha value is -2.73. The van der Waals surface area contributed by atoms with Crippen LogP contribution in [-0.4, -0.2) is 25.0 Å². The van der Waals surface area contributed by atoms with E-state index in [1.54, 1.807) is 25.3 Å². The lowest BCUT2D eigenvalue weighted by Gasteiger charge is -2.25. The molecule has 1 heterocycles. The number of benzene rings is 2. The first-order valence-corrected chi connectivity index (χ1v) is 8.09. The molecule has 6 nitrogen and oxygen atoms in total. The van der Waals surface area contributed by atoms with Crippen LogP contribution >= 0.6 is 11.6 Å². The highest BCUT2D eigenvalue weighted by Gasteiger charge is 2.29. The average Bonchev–Trinajstić information content (AvgIpc) is 2.61. The van der Waals surface area contributed by atoms with E-state index in [1.807, 2.05) is 24.3 Å². The third kappa shape index (κ3) is 4.22. The maximum atomic E-state index is 12.1. The topological polar surface area (TPSA) is 76.7 Å². The Morgan fingerprint density at radius 1 is 1.28 bits per heavy atom. The van der Waals surface area contributed by atoms with Gasteiger partial charge >= 0.3 is 0 Å². The Bertz CT molecular complexity index is 792. The molecule has 0 saturated heterocycles.